The number of nitrogens with one attached hydrogen (secondary N) is 1. The minimum atomic E-state index is -0.592. The molecule has 0 radical (unpaired) electrons. The summed E-state index contributed by atoms with van der Waals surface area (Å²) in [5, 5.41) is 25.6. The summed E-state index contributed by atoms with van der Waals surface area (Å²) in [6.07, 6.45) is 1.34. The number of hydrogen-bond donors (Lipinski definition) is 1. The molecule has 1 N–H and O–H groups in total. The van der Waals surface area contributed by atoms with Gasteiger partial charge in [-0.25, -0.2) is 4.99 Å². The average Bonchev–Trinajstić information content (AvgIpc) is 2.89. The van der Waals surface area contributed by atoms with Gasteiger partial charge in [0.15, 0.2) is 5.17 Å². The highest BCUT2D eigenvalue weighted by molar-refractivity contribution is 8.18. The van der Waals surface area contributed by atoms with Gasteiger partial charge in [-0.15, -0.1) is 5.75 Å². The third-order valence-corrected chi connectivity index (χ3v) is 4.04. The third-order valence-electron chi connectivity index (χ3n) is 3.13. The molecule has 1 fully saturated rings. The molecule has 0 atom stereocenters. The molecule has 2 aromatic carbocycles. The van der Waals surface area contributed by atoms with Crippen LogP contribution in [0.2, 0.25) is 0 Å². The van der Waals surface area contributed by atoms with E-state index in [9.17, 15) is 20.0 Å². The van der Waals surface area contributed by atoms with Gasteiger partial charge in [0.05, 0.1) is 15.5 Å². The fraction of sp³-hybridized carbons (Fsp3) is 0. The smallest absolute Gasteiger partial charge is 0.269 e. The number of non-ortho nitro benzene ring substituents is 1. The first-order valence-corrected chi connectivity index (χ1v) is 7.65. The van der Waals surface area contributed by atoms with Gasteiger partial charge in [-0.05, 0) is 35.5 Å². The third kappa shape index (κ3) is 3.44. The van der Waals surface area contributed by atoms with Crippen molar-refractivity contribution in [2.45, 2.75) is 0 Å². The van der Waals surface area contributed by atoms with Crippen molar-refractivity contribution >= 4 is 40.3 Å². The van der Waals surface area contributed by atoms with E-state index in [2.05, 4.69) is 10.3 Å². The Labute approximate surface area is 140 Å². The van der Waals surface area contributed by atoms with Crippen LogP contribution in [0, 0.1) is 10.1 Å². The summed E-state index contributed by atoms with van der Waals surface area (Å²) in [4.78, 5) is 26.7. The maximum atomic E-state index is 12.0. The van der Waals surface area contributed by atoms with Gasteiger partial charge in [0.1, 0.15) is 0 Å². The molecule has 1 amide bonds. The van der Waals surface area contributed by atoms with Gasteiger partial charge in [-0.1, -0.05) is 24.3 Å². The van der Waals surface area contributed by atoms with E-state index in [1.165, 1.54) is 6.08 Å². The van der Waals surface area contributed by atoms with Gasteiger partial charge in [0.25, 0.3) is 11.6 Å². The van der Waals surface area contributed by atoms with E-state index >= 15 is 0 Å². The molecule has 1 saturated heterocycles. The Morgan fingerprint density at radius 1 is 1.17 bits per heavy atom. The van der Waals surface area contributed by atoms with Crippen LogP contribution in [0.5, 0.6) is 5.75 Å². The zero-order chi connectivity index (χ0) is 17.1. The largest absolute Gasteiger partial charge is 0.872 e. The summed E-state index contributed by atoms with van der Waals surface area (Å²) >= 11 is 1.07. The number of amides is 1. The van der Waals surface area contributed by atoms with Crippen molar-refractivity contribution in [1.29, 1.82) is 0 Å². The van der Waals surface area contributed by atoms with E-state index in [0.717, 1.165) is 30.0 Å². The Morgan fingerprint density at radius 2 is 1.92 bits per heavy atom. The van der Waals surface area contributed by atoms with Crippen molar-refractivity contribution in [3.8, 4) is 5.75 Å². The fourth-order valence-electron chi connectivity index (χ4n) is 2.00. The number of thioether (sulfide) groups is 1. The highest BCUT2D eigenvalue weighted by Crippen LogP contribution is 2.30. The number of nitro benzene ring substituents is 1. The second-order valence-corrected chi connectivity index (χ2v) is 5.83. The fourth-order valence-corrected chi connectivity index (χ4v) is 2.84. The summed E-state index contributed by atoms with van der Waals surface area (Å²) < 4.78 is 0. The molecule has 1 aliphatic heterocycles. The number of nitrogens with zero attached hydrogens (tertiary/aromatic N) is 2. The normalized spacial score (nSPS) is 17.2. The Morgan fingerprint density at radius 3 is 2.62 bits per heavy atom. The van der Waals surface area contributed by atoms with Crippen LogP contribution in [0.15, 0.2) is 58.4 Å². The maximum Gasteiger partial charge on any atom is 0.269 e. The average molecular weight is 340 g/mol. The van der Waals surface area contributed by atoms with Gasteiger partial charge >= 0.3 is 0 Å². The van der Waals surface area contributed by atoms with Crippen molar-refractivity contribution in [2.24, 2.45) is 4.99 Å². The molecule has 3 rings (SSSR count). The van der Waals surface area contributed by atoms with Crippen LogP contribution in [0.25, 0.3) is 6.08 Å². The molecular formula is C16H10N3O4S-. The number of hydrogen-bond acceptors (Lipinski definition) is 6. The van der Waals surface area contributed by atoms with E-state index < -0.39 is 16.6 Å². The van der Waals surface area contributed by atoms with Gasteiger partial charge in [0.2, 0.25) is 0 Å². The first-order valence-electron chi connectivity index (χ1n) is 6.83. The molecule has 0 aliphatic carbocycles. The molecule has 120 valence electrons. The number of para-hydroxylation sites is 1. The molecule has 8 heteroatoms. The Bertz CT molecular complexity index is 878. The van der Waals surface area contributed by atoms with Gasteiger partial charge in [-0.2, -0.15) is 0 Å². The van der Waals surface area contributed by atoms with Crippen LogP contribution in [0.1, 0.15) is 5.56 Å². The van der Waals surface area contributed by atoms with Gasteiger partial charge < -0.3 is 10.4 Å². The standard InChI is InChI=1S/C16H11N3O4S/c20-13-7-6-12(19(22)23)8-10(13)9-14-15(21)18-16(24-14)17-11-4-2-1-3-5-11/h1-9,20H,(H,17,18,21)/p-1/b14-9+. The lowest BCUT2D eigenvalue weighted by molar-refractivity contribution is -0.385. The van der Waals surface area contributed by atoms with Crippen molar-refractivity contribution in [3.05, 3.63) is 69.1 Å². The lowest BCUT2D eigenvalue weighted by Crippen LogP contribution is -2.19. The zero-order valence-corrected chi connectivity index (χ0v) is 12.9. The van der Waals surface area contributed by atoms with E-state index in [1.807, 2.05) is 18.2 Å². The van der Waals surface area contributed by atoms with Crippen LogP contribution in [-0.4, -0.2) is 16.0 Å². The van der Waals surface area contributed by atoms with Crippen molar-refractivity contribution in [2.75, 3.05) is 0 Å². The minimum Gasteiger partial charge on any atom is -0.872 e. The zero-order valence-electron chi connectivity index (χ0n) is 12.1. The molecule has 2 aromatic rings. The molecule has 0 spiro atoms. The lowest BCUT2D eigenvalue weighted by Gasteiger charge is -2.09. The molecule has 0 bridgehead atoms. The topological polar surface area (TPSA) is 108 Å². The monoisotopic (exact) mass is 340 g/mol. The Hall–Kier alpha value is -3.13. The summed E-state index contributed by atoms with van der Waals surface area (Å²) in [7, 11) is 0. The summed E-state index contributed by atoms with van der Waals surface area (Å²) in [6, 6.07) is 12.5. The lowest BCUT2D eigenvalue weighted by atomic mass is 10.1. The molecule has 0 unspecified atom stereocenters. The number of rotatable bonds is 3. The molecular weight excluding hydrogens is 330 g/mol. The molecule has 1 aliphatic rings. The number of aliphatic imine (C=N–C) groups is 1. The van der Waals surface area contributed by atoms with Crippen LogP contribution >= 0.6 is 11.8 Å². The van der Waals surface area contributed by atoms with E-state index in [-0.39, 0.29) is 16.2 Å². The molecule has 0 aromatic heterocycles. The number of nitro groups is 1. The van der Waals surface area contributed by atoms with E-state index in [4.69, 9.17) is 0 Å². The predicted molar refractivity (Wildman–Crippen MR) is 89.8 cm³/mol. The van der Waals surface area contributed by atoms with Crippen LogP contribution in [0.3, 0.4) is 0 Å². The molecule has 1 heterocycles. The second kappa shape index (κ2) is 6.55. The maximum absolute atomic E-state index is 12.0. The summed E-state index contributed by atoms with van der Waals surface area (Å²) in [5.41, 5.74) is 0.562. The van der Waals surface area contributed by atoms with Gasteiger partial charge in [-0.3, -0.25) is 14.9 Å². The second-order valence-electron chi connectivity index (χ2n) is 4.80. The predicted octanol–water partition coefficient (Wildman–Crippen LogP) is 2.56. The number of carbonyl (C=O) groups is 1. The summed E-state index contributed by atoms with van der Waals surface area (Å²) in [5.74, 6) is -0.796. The van der Waals surface area contributed by atoms with Crippen molar-refractivity contribution < 1.29 is 14.8 Å². The molecule has 0 saturated carbocycles. The van der Waals surface area contributed by atoms with Gasteiger partial charge in [0, 0.05) is 12.1 Å². The number of carbonyl (C=O) groups excluding carboxylic acids is 1. The Kier molecular flexibility index (Phi) is 4.30. The van der Waals surface area contributed by atoms with Crippen LogP contribution in [0.4, 0.5) is 11.4 Å². The van der Waals surface area contributed by atoms with Crippen molar-refractivity contribution in [1.82, 2.24) is 5.32 Å². The molecule has 24 heavy (non-hydrogen) atoms. The van der Waals surface area contributed by atoms with E-state index in [0.29, 0.717) is 10.9 Å². The SMILES string of the molecule is O=C1NC(=Nc2ccccc2)S/C1=C/c1cc([N+](=O)[O-])ccc1[O-]. The highest BCUT2D eigenvalue weighted by atomic mass is 32.2. The van der Waals surface area contributed by atoms with E-state index in [1.54, 1.807) is 12.1 Å². The van der Waals surface area contributed by atoms with Crippen LogP contribution in [-0.2, 0) is 4.79 Å². The highest BCUT2D eigenvalue weighted by Gasteiger charge is 2.24. The van der Waals surface area contributed by atoms with Crippen molar-refractivity contribution in [3.63, 3.8) is 0 Å². The Balaban J connectivity index is 1.89. The molecule has 7 nitrogen and oxygen atoms in total. The first-order chi connectivity index (χ1) is 11.5. The minimum absolute atomic E-state index is 0.0859. The van der Waals surface area contributed by atoms with Crippen LogP contribution < -0.4 is 10.4 Å². The number of amidine groups is 1. The quantitative estimate of drug-likeness (QED) is 0.525. The summed E-state index contributed by atoms with van der Waals surface area (Å²) in [6.45, 7) is 0. The first kappa shape index (κ1) is 15.8. The number of benzene rings is 2.